The van der Waals surface area contributed by atoms with Gasteiger partial charge in [-0.1, -0.05) is 0 Å². The molecule has 0 amide bonds. The van der Waals surface area contributed by atoms with Gasteiger partial charge in [0.1, 0.15) is 11.6 Å². The molecule has 0 aliphatic carbocycles. The molecule has 0 saturated heterocycles. The third kappa shape index (κ3) is 2.18. The van der Waals surface area contributed by atoms with Gasteiger partial charge in [0.05, 0.1) is 20.1 Å². The minimum Gasteiger partial charge on any atom is -0.502 e. The number of nitrogens with one attached hydrogen (secondary N) is 1. The predicted molar refractivity (Wildman–Crippen MR) is 83.8 cm³/mol. The number of phenolic OH excluding ortho intramolecular Hbond substituents is 1. The van der Waals surface area contributed by atoms with E-state index in [1.165, 1.54) is 14.2 Å². The Balaban J connectivity index is 2.28. The minimum atomic E-state index is -0.513. The van der Waals surface area contributed by atoms with E-state index in [2.05, 4.69) is 16.3 Å². The number of nitriles is 1. The summed E-state index contributed by atoms with van der Waals surface area (Å²) in [6.07, 6.45) is 0. The second-order valence-corrected chi connectivity index (χ2v) is 5.27. The number of hydrogen-bond acceptors (Lipinski definition) is 7. The first-order chi connectivity index (χ1) is 11.5. The second kappa shape index (κ2) is 5.70. The zero-order valence-corrected chi connectivity index (χ0v) is 13.4. The summed E-state index contributed by atoms with van der Waals surface area (Å²) in [5, 5.41) is 26.6. The predicted octanol–water partition coefficient (Wildman–Crippen LogP) is 1.66. The number of nitrogens with two attached hydrogens (primary N) is 1. The van der Waals surface area contributed by atoms with Gasteiger partial charge in [-0.25, -0.2) is 0 Å². The van der Waals surface area contributed by atoms with E-state index < -0.39 is 5.92 Å². The number of allylic oxidation sites excluding steroid dienone is 1. The van der Waals surface area contributed by atoms with Crippen molar-refractivity contribution in [1.82, 2.24) is 10.2 Å². The number of aromatic amines is 1. The molecule has 0 unspecified atom stereocenters. The fourth-order valence-corrected chi connectivity index (χ4v) is 2.81. The molecule has 0 fully saturated rings. The summed E-state index contributed by atoms with van der Waals surface area (Å²) < 4.78 is 15.8. The number of fused-ring (bicyclic) bond motifs is 1. The number of H-pyrrole nitrogens is 1. The van der Waals surface area contributed by atoms with Crippen LogP contribution in [-0.4, -0.2) is 29.5 Å². The number of rotatable bonds is 3. The van der Waals surface area contributed by atoms with E-state index in [4.69, 9.17) is 19.9 Å². The highest BCUT2D eigenvalue weighted by molar-refractivity contribution is 5.60. The maximum atomic E-state index is 10.1. The number of hydrogen-bond donors (Lipinski definition) is 3. The van der Waals surface area contributed by atoms with Gasteiger partial charge in [0, 0.05) is 11.3 Å². The molecule has 1 aromatic heterocycles. The van der Waals surface area contributed by atoms with Crippen molar-refractivity contribution < 1.29 is 19.3 Å². The molecule has 3 rings (SSSR count). The fourth-order valence-electron chi connectivity index (χ4n) is 2.81. The Morgan fingerprint density at radius 1 is 1.33 bits per heavy atom. The van der Waals surface area contributed by atoms with Crippen LogP contribution in [0.25, 0.3) is 0 Å². The number of methoxy groups -OCH3 is 2. The van der Waals surface area contributed by atoms with Gasteiger partial charge >= 0.3 is 0 Å². The molecule has 24 heavy (non-hydrogen) atoms. The molecular weight excluding hydrogens is 312 g/mol. The number of ether oxygens (including phenoxy) is 3. The first-order valence-electron chi connectivity index (χ1n) is 7.09. The number of nitrogens with zero attached hydrogens (tertiary/aromatic N) is 2. The zero-order chi connectivity index (χ0) is 17.4. The van der Waals surface area contributed by atoms with Crippen LogP contribution >= 0.6 is 0 Å². The van der Waals surface area contributed by atoms with Crippen LogP contribution in [0.1, 0.15) is 22.7 Å². The summed E-state index contributed by atoms with van der Waals surface area (Å²) in [6, 6.07) is 5.36. The van der Waals surface area contributed by atoms with E-state index in [1.807, 2.05) is 6.92 Å². The van der Waals surface area contributed by atoms with Gasteiger partial charge in [-0.15, -0.1) is 5.10 Å². The molecule has 1 aromatic carbocycles. The molecule has 124 valence electrons. The molecule has 1 aliphatic rings. The van der Waals surface area contributed by atoms with E-state index in [0.717, 1.165) is 5.69 Å². The number of phenols is 1. The Labute approximate surface area is 138 Å². The molecule has 0 saturated carbocycles. The summed E-state index contributed by atoms with van der Waals surface area (Å²) in [5.74, 6) is 0.146. The van der Waals surface area contributed by atoms with Gasteiger partial charge in [0.2, 0.25) is 17.5 Å². The van der Waals surface area contributed by atoms with Crippen LogP contribution in [0, 0.1) is 18.3 Å². The van der Waals surface area contributed by atoms with Crippen LogP contribution in [0.5, 0.6) is 23.1 Å². The average molecular weight is 328 g/mol. The van der Waals surface area contributed by atoms with Gasteiger partial charge in [-0.2, -0.15) is 5.26 Å². The van der Waals surface area contributed by atoms with E-state index in [1.54, 1.807) is 12.1 Å². The zero-order valence-electron chi connectivity index (χ0n) is 13.4. The van der Waals surface area contributed by atoms with E-state index in [0.29, 0.717) is 17.0 Å². The molecule has 2 heterocycles. The van der Waals surface area contributed by atoms with Crippen molar-refractivity contribution in [2.75, 3.05) is 14.2 Å². The van der Waals surface area contributed by atoms with Crippen molar-refractivity contribution in [1.29, 1.82) is 5.26 Å². The van der Waals surface area contributed by atoms with Gasteiger partial charge < -0.3 is 25.1 Å². The largest absolute Gasteiger partial charge is 0.502 e. The Morgan fingerprint density at radius 2 is 1.96 bits per heavy atom. The van der Waals surface area contributed by atoms with Crippen molar-refractivity contribution in [3.8, 4) is 29.2 Å². The first-order valence-corrected chi connectivity index (χ1v) is 7.09. The lowest BCUT2D eigenvalue weighted by molar-refractivity contribution is 0.338. The normalized spacial score (nSPS) is 16.2. The Morgan fingerprint density at radius 3 is 2.50 bits per heavy atom. The Kier molecular flexibility index (Phi) is 3.69. The summed E-state index contributed by atoms with van der Waals surface area (Å²) in [5.41, 5.74) is 8.25. The Hall–Kier alpha value is -3.34. The van der Waals surface area contributed by atoms with Gasteiger partial charge in [-0.05, 0) is 24.6 Å². The molecule has 4 N–H and O–H groups in total. The van der Waals surface area contributed by atoms with Crippen LogP contribution in [0.3, 0.4) is 0 Å². The van der Waals surface area contributed by atoms with E-state index >= 15 is 0 Å². The lowest BCUT2D eigenvalue weighted by Gasteiger charge is -2.24. The Bertz CT molecular complexity index is 854. The van der Waals surface area contributed by atoms with Gasteiger partial charge in [0.25, 0.3) is 0 Å². The number of aryl methyl sites for hydroxylation is 1. The SMILES string of the molecule is COc1cc([C@@H]2C(C#N)=C(N)Oc3n[nH]c(C)c32)cc(OC)c1O. The highest BCUT2D eigenvalue weighted by Crippen LogP contribution is 2.46. The second-order valence-electron chi connectivity index (χ2n) is 5.27. The summed E-state index contributed by atoms with van der Waals surface area (Å²) in [6.45, 7) is 1.83. The van der Waals surface area contributed by atoms with Crippen LogP contribution < -0.4 is 19.9 Å². The van der Waals surface area contributed by atoms with Gasteiger partial charge in [0.15, 0.2) is 11.5 Å². The third-order valence-corrected chi connectivity index (χ3v) is 3.96. The molecular formula is C16H16N4O4. The fraction of sp³-hybridized carbons (Fsp3) is 0.250. The third-order valence-electron chi connectivity index (χ3n) is 3.96. The first kappa shape index (κ1) is 15.6. The van der Waals surface area contributed by atoms with Crippen LogP contribution in [-0.2, 0) is 0 Å². The van der Waals surface area contributed by atoms with Crippen LogP contribution in [0.4, 0.5) is 0 Å². The number of benzene rings is 1. The standard InChI is InChI=1S/C16H16N4O4/c1-7-12-13(9(6-17)15(18)24-16(12)20-19-7)8-4-10(22-2)14(21)11(5-8)23-3/h4-5,13,21H,18H2,1-3H3,(H,19,20)/t13-/m1/s1. The summed E-state index contributed by atoms with van der Waals surface area (Å²) >= 11 is 0. The van der Waals surface area contributed by atoms with Crippen LogP contribution in [0.15, 0.2) is 23.6 Å². The topological polar surface area (TPSA) is 126 Å². The maximum Gasteiger partial charge on any atom is 0.244 e. The van der Waals surface area contributed by atoms with Crippen molar-refractivity contribution in [2.24, 2.45) is 5.73 Å². The smallest absolute Gasteiger partial charge is 0.244 e. The minimum absolute atomic E-state index is 0.00694. The lowest BCUT2D eigenvalue weighted by atomic mass is 9.84. The molecule has 0 radical (unpaired) electrons. The summed E-state index contributed by atoms with van der Waals surface area (Å²) in [4.78, 5) is 0. The van der Waals surface area contributed by atoms with E-state index in [-0.39, 0.29) is 28.7 Å². The van der Waals surface area contributed by atoms with Crippen molar-refractivity contribution in [3.63, 3.8) is 0 Å². The molecule has 0 spiro atoms. The van der Waals surface area contributed by atoms with Crippen molar-refractivity contribution in [3.05, 3.63) is 40.4 Å². The quantitative estimate of drug-likeness (QED) is 0.782. The molecule has 2 aromatic rings. The lowest BCUT2D eigenvalue weighted by Crippen LogP contribution is -2.21. The van der Waals surface area contributed by atoms with Crippen molar-refractivity contribution >= 4 is 0 Å². The molecule has 1 atom stereocenters. The monoisotopic (exact) mass is 328 g/mol. The highest BCUT2D eigenvalue weighted by atomic mass is 16.5. The molecule has 0 bridgehead atoms. The average Bonchev–Trinajstić information content (AvgIpc) is 2.94. The summed E-state index contributed by atoms with van der Waals surface area (Å²) in [7, 11) is 2.87. The van der Waals surface area contributed by atoms with Gasteiger partial charge in [-0.3, -0.25) is 5.10 Å². The number of aromatic nitrogens is 2. The van der Waals surface area contributed by atoms with Crippen molar-refractivity contribution in [2.45, 2.75) is 12.8 Å². The maximum absolute atomic E-state index is 10.1. The van der Waals surface area contributed by atoms with E-state index in [9.17, 15) is 10.4 Å². The molecule has 1 aliphatic heterocycles. The molecule has 8 nitrogen and oxygen atoms in total. The number of aromatic hydroxyl groups is 1. The molecule has 8 heteroatoms. The van der Waals surface area contributed by atoms with Crippen LogP contribution in [0.2, 0.25) is 0 Å². The highest BCUT2D eigenvalue weighted by Gasteiger charge is 2.35.